The first-order valence-electron chi connectivity index (χ1n) is 8.08. The number of hydrogen-bond donors (Lipinski definition) is 0. The molecule has 0 N–H and O–H groups in total. The second kappa shape index (κ2) is 7.25. The number of aromatic nitrogens is 3. The van der Waals surface area contributed by atoms with E-state index >= 15 is 0 Å². The summed E-state index contributed by atoms with van der Waals surface area (Å²) in [4.78, 5) is 14.3. The van der Waals surface area contributed by atoms with Crippen molar-refractivity contribution in [2.45, 2.75) is 32.1 Å². The van der Waals surface area contributed by atoms with Crippen LogP contribution in [0, 0.1) is 5.92 Å². The molecule has 1 aromatic carbocycles. The molecule has 3 rings (SSSR count). The molecular weight excluding hydrogens is 356 g/mol. The van der Waals surface area contributed by atoms with Gasteiger partial charge >= 0.3 is 0 Å². The summed E-state index contributed by atoms with van der Waals surface area (Å²) in [5, 5.41) is 8.14. The number of halogens is 1. The van der Waals surface area contributed by atoms with E-state index in [9.17, 15) is 4.79 Å². The van der Waals surface area contributed by atoms with Crippen LogP contribution in [0.25, 0.3) is 5.69 Å². The maximum Gasteiger partial charge on any atom is 0.275 e. The number of amides is 1. The lowest BCUT2D eigenvalue weighted by Crippen LogP contribution is -2.32. The molecule has 1 aliphatic carbocycles. The van der Waals surface area contributed by atoms with Crippen LogP contribution in [0.4, 0.5) is 0 Å². The van der Waals surface area contributed by atoms with Crippen molar-refractivity contribution < 1.29 is 4.79 Å². The molecule has 5 nitrogen and oxygen atoms in total. The zero-order chi connectivity index (χ0) is 16.2. The van der Waals surface area contributed by atoms with Gasteiger partial charge < -0.3 is 4.90 Å². The SMILES string of the molecule is CN(CC1CCCCC1)C(=O)c1cn(-c2ccccc2Br)nn1. The Labute approximate surface area is 144 Å². The summed E-state index contributed by atoms with van der Waals surface area (Å²) in [6.45, 7) is 0.806. The average Bonchev–Trinajstić information content (AvgIpc) is 3.05. The highest BCUT2D eigenvalue weighted by atomic mass is 79.9. The molecular formula is C17H21BrN4O. The normalized spacial score (nSPS) is 15.6. The van der Waals surface area contributed by atoms with Gasteiger partial charge in [0.25, 0.3) is 5.91 Å². The van der Waals surface area contributed by atoms with Crippen molar-refractivity contribution in [3.05, 3.63) is 40.6 Å². The van der Waals surface area contributed by atoms with Crippen LogP contribution in [0.3, 0.4) is 0 Å². The van der Waals surface area contributed by atoms with Crippen molar-refractivity contribution in [1.82, 2.24) is 19.9 Å². The van der Waals surface area contributed by atoms with Gasteiger partial charge in [-0.25, -0.2) is 4.68 Å². The van der Waals surface area contributed by atoms with Crippen LogP contribution in [0.2, 0.25) is 0 Å². The Hall–Kier alpha value is -1.69. The van der Waals surface area contributed by atoms with Crippen LogP contribution in [-0.4, -0.2) is 39.4 Å². The summed E-state index contributed by atoms with van der Waals surface area (Å²) in [7, 11) is 1.86. The third-order valence-electron chi connectivity index (χ3n) is 4.42. The van der Waals surface area contributed by atoms with E-state index in [-0.39, 0.29) is 5.91 Å². The van der Waals surface area contributed by atoms with E-state index in [1.54, 1.807) is 15.8 Å². The van der Waals surface area contributed by atoms with E-state index in [4.69, 9.17) is 0 Å². The highest BCUT2D eigenvalue weighted by Gasteiger charge is 2.21. The molecule has 23 heavy (non-hydrogen) atoms. The maximum atomic E-state index is 12.5. The van der Waals surface area contributed by atoms with Gasteiger partial charge in [-0.1, -0.05) is 36.6 Å². The summed E-state index contributed by atoms with van der Waals surface area (Å²) in [6.07, 6.45) is 8.03. The van der Waals surface area contributed by atoms with Gasteiger partial charge in [-0.2, -0.15) is 0 Å². The maximum absolute atomic E-state index is 12.5. The molecule has 1 aliphatic rings. The molecule has 1 aromatic heterocycles. The standard InChI is InChI=1S/C17H21BrN4O/c1-21(11-13-7-3-2-4-8-13)17(23)15-12-22(20-19-15)16-10-6-5-9-14(16)18/h5-6,9-10,12-13H,2-4,7-8,11H2,1H3. The van der Waals surface area contributed by atoms with E-state index in [0.717, 1.165) is 16.7 Å². The minimum absolute atomic E-state index is 0.0612. The molecule has 6 heteroatoms. The summed E-state index contributed by atoms with van der Waals surface area (Å²) < 4.78 is 2.55. The first-order valence-corrected chi connectivity index (χ1v) is 8.87. The molecule has 1 heterocycles. The van der Waals surface area contributed by atoms with Crippen LogP contribution in [0.15, 0.2) is 34.9 Å². The monoisotopic (exact) mass is 376 g/mol. The van der Waals surface area contributed by atoms with E-state index in [0.29, 0.717) is 11.6 Å². The van der Waals surface area contributed by atoms with Gasteiger partial charge in [-0.05, 0) is 46.8 Å². The summed E-state index contributed by atoms with van der Waals surface area (Å²) in [5.41, 5.74) is 1.26. The lowest BCUT2D eigenvalue weighted by molar-refractivity contribution is 0.0754. The fourth-order valence-electron chi connectivity index (χ4n) is 3.15. The molecule has 0 bridgehead atoms. The van der Waals surface area contributed by atoms with E-state index in [2.05, 4.69) is 26.2 Å². The summed E-state index contributed by atoms with van der Waals surface area (Å²) in [6, 6.07) is 7.74. The molecule has 0 atom stereocenters. The molecule has 0 radical (unpaired) electrons. The van der Waals surface area contributed by atoms with Crippen LogP contribution in [0.1, 0.15) is 42.6 Å². The number of nitrogens with zero attached hydrogens (tertiary/aromatic N) is 4. The number of benzene rings is 1. The van der Waals surface area contributed by atoms with Crippen molar-refractivity contribution >= 4 is 21.8 Å². The fraction of sp³-hybridized carbons (Fsp3) is 0.471. The Bertz CT molecular complexity index is 679. The summed E-state index contributed by atoms with van der Waals surface area (Å²) >= 11 is 3.49. The minimum Gasteiger partial charge on any atom is -0.340 e. The lowest BCUT2D eigenvalue weighted by Gasteiger charge is -2.26. The van der Waals surface area contributed by atoms with Crippen molar-refractivity contribution in [3.8, 4) is 5.69 Å². The first kappa shape index (κ1) is 16.2. The van der Waals surface area contributed by atoms with Gasteiger partial charge in [-0.15, -0.1) is 5.10 Å². The van der Waals surface area contributed by atoms with Crippen LogP contribution >= 0.6 is 15.9 Å². The van der Waals surface area contributed by atoms with Crippen molar-refractivity contribution in [3.63, 3.8) is 0 Å². The van der Waals surface area contributed by atoms with Crippen molar-refractivity contribution in [2.75, 3.05) is 13.6 Å². The second-order valence-corrected chi connectivity index (χ2v) is 7.04. The topological polar surface area (TPSA) is 51.0 Å². The molecule has 1 fully saturated rings. The average molecular weight is 377 g/mol. The Kier molecular flexibility index (Phi) is 5.10. The smallest absolute Gasteiger partial charge is 0.275 e. The van der Waals surface area contributed by atoms with Crippen molar-refractivity contribution in [1.29, 1.82) is 0 Å². The number of rotatable bonds is 4. The van der Waals surface area contributed by atoms with Crippen molar-refractivity contribution in [2.24, 2.45) is 5.92 Å². The van der Waals surface area contributed by atoms with Gasteiger partial charge in [0.15, 0.2) is 5.69 Å². The predicted octanol–water partition coefficient (Wildman–Crippen LogP) is 3.68. The van der Waals surface area contributed by atoms with Gasteiger partial charge in [0, 0.05) is 18.1 Å². The molecule has 0 aliphatic heterocycles. The van der Waals surface area contributed by atoms with Gasteiger partial charge in [0.05, 0.1) is 11.9 Å². The third kappa shape index (κ3) is 3.80. The molecule has 0 saturated heterocycles. The quantitative estimate of drug-likeness (QED) is 0.817. The zero-order valence-electron chi connectivity index (χ0n) is 13.3. The zero-order valence-corrected chi connectivity index (χ0v) is 14.9. The lowest BCUT2D eigenvalue weighted by atomic mass is 9.89. The third-order valence-corrected chi connectivity index (χ3v) is 5.09. The van der Waals surface area contributed by atoms with E-state index < -0.39 is 0 Å². The number of carbonyl (C=O) groups is 1. The molecule has 0 spiro atoms. The van der Waals surface area contributed by atoms with Crippen LogP contribution in [-0.2, 0) is 0 Å². The fourth-order valence-corrected chi connectivity index (χ4v) is 3.62. The van der Waals surface area contributed by atoms with Gasteiger partial charge in [-0.3, -0.25) is 4.79 Å². The second-order valence-electron chi connectivity index (χ2n) is 6.19. The Morgan fingerprint density at radius 3 is 2.78 bits per heavy atom. The number of carbonyl (C=O) groups excluding carboxylic acids is 1. The molecule has 2 aromatic rings. The number of hydrogen-bond acceptors (Lipinski definition) is 3. The van der Waals surface area contributed by atoms with Gasteiger partial charge in [0.1, 0.15) is 0 Å². The molecule has 1 saturated carbocycles. The van der Waals surface area contributed by atoms with E-state index in [1.807, 2.05) is 31.3 Å². The predicted molar refractivity (Wildman–Crippen MR) is 92.6 cm³/mol. The first-order chi connectivity index (χ1) is 11.1. The molecule has 1 amide bonds. The minimum atomic E-state index is -0.0612. The highest BCUT2D eigenvalue weighted by Crippen LogP contribution is 2.24. The molecule has 0 unspecified atom stereocenters. The Balaban J connectivity index is 1.69. The van der Waals surface area contributed by atoms with Crippen LogP contribution < -0.4 is 0 Å². The molecule has 122 valence electrons. The van der Waals surface area contributed by atoms with Crippen LogP contribution in [0.5, 0.6) is 0 Å². The van der Waals surface area contributed by atoms with E-state index in [1.165, 1.54) is 32.1 Å². The van der Waals surface area contributed by atoms with Gasteiger partial charge in [0.2, 0.25) is 0 Å². The largest absolute Gasteiger partial charge is 0.340 e. The Morgan fingerprint density at radius 2 is 2.04 bits per heavy atom. The highest BCUT2D eigenvalue weighted by molar-refractivity contribution is 9.10. The Morgan fingerprint density at radius 1 is 1.30 bits per heavy atom. The summed E-state index contributed by atoms with van der Waals surface area (Å²) in [5.74, 6) is 0.560. The number of para-hydroxylation sites is 1.